The first-order chi connectivity index (χ1) is 20.3. The van der Waals surface area contributed by atoms with E-state index in [4.69, 9.17) is 36.1 Å². The number of amides is 1. The van der Waals surface area contributed by atoms with E-state index in [2.05, 4.69) is 16.0 Å². The molecule has 1 saturated heterocycles. The average molecular weight is 621 g/mol. The second kappa shape index (κ2) is 16.2. The molecule has 13 atom stereocenters. The van der Waals surface area contributed by atoms with Crippen LogP contribution in [0, 0.1) is 5.92 Å². The highest BCUT2D eigenvalue weighted by Crippen LogP contribution is 2.32. The van der Waals surface area contributed by atoms with Gasteiger partial charge in [-0.25, -0.2) is 0 Å². The van der Waals surface area contributed by atoms with Gasteiger partial charge in [0.25, 0.3) is 0 Å². The lowest BCUT2D eigenvalue weighted by Gasteiger charge is -2.48. The van der Waals surface area contributed by atoms with Crippen LogP contribution < -0.4 is 33.2 Å². The summed E-state index contributed by atoms with van der Waals surface area (Å²) in [6.45, 7) is 4.32. The third-order valence-corrected chi connectivity index (χ3v) is 8.15. The third-order valence-electron chi connectivity index (χ3n) is 8.15. The van der Waals surface area contributed by atoms with E-state index in [0.717, 1.165) is 0 Å². The molecule has 1 amide bonds. The Bertz CT molecular complexity index is 915. The number of ether oxygens (including phenoxy) is 4. The summed E-state index contributed by atoms with van der Waals surface area (Å²) < 4.78 is 23.9. The molecule has 1 saturated carbocycles. The lowest BCUT2D eigenvalue weighted by Crippen LogP contribution is -2.69. The molecule has 3 aliphatic rings. The molecule has 0 aromatic heterocycles. The Morgan fingerprint density at radius 1 is 1.19 bits per heavy atom. The van der Waals surface area contributed by atoms with E-state index in [0.29, 0.717) is 25.3 Å². The summed E-state index contributed by atoms with van der Waals surface area (Å²) in [5, 5.41) is 61.3. The van der Waals surface area contributed by atoms with Gasteiger partial charge in [-0.1, -0.05) is 6.92 Å². The Balaban J connectivity index is 1.76. The largest absolute Gasteiger partial charge is 0.467 e. The van der Waals surface area contributed by atoms with Gasteiger partial charge in [0.05, 0.1) is 31.3 Å². The van der Waals surface area contributed by atoms with Crippen molar-refractivity contribution >= 4 is 5.91 Å². The highest BCUT2D eigenvalue weighted by molar-refractivity contribution is 5.80. The van der Waals surface area contributed by atoms with Crippen molar-refractivity contribution in [1.82, 2.24) is 16.0 Å². The fourth-order valence-corrected chi connectivity index (χ4v) is 5.59. The van der Waals surface area contributed by atoms with Gasteiger partial charge in [-0.3, -0.25) is 4.79 Å². The number of rotatable bonds is 14. The predicted octanol–water partition coefficient (Wildman–Crippen LogP) is -4.73. The maximum atomic E-state index is 12.7. The molecule has 2 aliphatic heterocycles. The van der Waals surface area contributed by atoms with E-state index in [1.54, 1.807) is 7.05 Å². The van der Waals surface area contributed by atoms with Gasteiger partial charge in [0.1, 0.15) is 41.9 Å². The summed E-state index contributed by atoms with van der Waals surface area (Å²) in [4.78, 5) is 12.7. The molecular weight excluding hydrogens is 568 g/mol. The first kappa shape index (κ1) is 36.0. The fraction of sp³-hybridized carbons (Fsp3) is 0.889. The number of nitrogens with two attached hydrogens (primary N) is 3. The molecule has 16 nitrogen and oxygen atoms in total. The van der Waals surface area contributed by atoms with E-state index in [1.165, 1.54) is 6.92 Å². The maximum Gasteiger partial charge on any atom is 0.249 e. The number of hydrogen-bond donors (Lipinski definition) is 11. The monoisotopic (exact) mass is 620 g/mol. The van der Waals surface area contributed by atoms with E-state index in [1.807, 2.05) is 13.0 Å². The Morgan fingerprint density at radius 3 is 2.53 bits per heavy atom. The van der Waals surface area contributed by atoms with Gasteiger partial charge < -0.3 is 77.6 Å². The van der Waals surface area contributed by atoms with Crippen LogP contribution in [0.3, 0.4) is 0 Å². The minimum atomic E-state index is -1.46. The molecule has 1 aliphatic carbocycles. The van der Waals surface area contributed by atoms with Crippen molar-refractivity contribution in [3.8, 4) is 0 Å². The highest BCUT2D eigenvalue weighted by Gasteiger charge is 2.51. The molecule has 0 aromatic rings. The van der Waals surface area contributed by atoms with Gasteiger partial charge in [-0.15, -0.1) is 0 Å². The summed E-state index contributed by atoms with van der Waals surface area (Å²) in [6.07, 6.45) is -6.34. The van der Waals surface area contributed by atoms with Gasteiger partial charge >= 0.3 is 0 Å². The van der Waals surface area contributed by atoms with Crippen molar-refractivity contribution in [1.29, 1.82) is 0 Å². The first-order valence-corrected chi connectivity index (χ1v) is 14.9. The molecule has 0 bridgehead atoms. The van der Waals surface area contributed by atoms with Crippen LogP contribution in [-0.2, 0) is 23.7 Å². The van der Waals surface area contributed by atoms with Crippen LogP contribution in [0.4, 0.5) is 0 Å². The highest BCUT2D eigenvalue weighted by atomic mass is 16.7. The standard InChI is InChI=1S/C27H52N6O10/c1-13(11-34)9-32-10-14-4-5-15(29)25(41-14)42-21-16(30)8-17(33-24(38)18(35)6-7-28)22(19(21)36)43-26-20(37)23(31-3)27(2,39)12-40-26/h4,13,15-23,25-26,31-32,34-37,39H,5-12,28-30H2,1-3H3,(H,33,38)/t13?,15-,16+,17-,18+,19+,20-,21-,22+,23-,25-,26-,27+/m1/s1. The van der Waals surface area contributed by atoms with E-state index in [-0.39, 0.29) is 38.5 Å². The number of nitrogens with one attached hydrogen (secondary N) is 3. The molecule has 2 fully saturated rings. The van der Waals surface area contributed by atoms with Gasteiger partial charge in [0, 0.05) is 19.2 Å². The lowest BCUT2D eigenvalue weighted by atomic mass is 9.83. The summed E-state index contributed by atoms with van der Waals surface area (Å²) in [5.41, 5.74) is 16.8. The SMILES string of the molecule is CN[C@@H]1[C@@H](O)[C@@H](O[C@@H]2[C@@H](O)[C@H](O[C@H]3OC(CNCC(C)CO)=CC[C@H]3N)[C@@H](N)C[C@H]2NC(=O)[C@@H](O)CCN)OC[C@]1(C)O. The van der Waals surface area contributed by atoms with Crippen molar-refractivity contribution in [2.75, 3.05) is 39.9 Å². The number of carbonyl (C=O) groups excluding carboxylic acids is 1. The molecule has 0 spiro atoms. The summed E-state index contributed by atoms with van der Waals surface area (Å²) in [7, 11) is 1.57. The van der Waals surface area contributed by atoms with Crippen molar-refractivity contribution in [3.05, 3.63) is 11.8 Å². The zero-order valence-corrected chi connectivity index (χ0v) is 25.2. The molecule has 43 heavy (non-hydrogen) atoms. The average Bonchev–Trinajstić information content (AvgIpc) is 2.95. The van der Waals surface area contributed by atoms with Crippen LogP contribution in [0.15, 0.2) is 11.8 Å². The lowest BCUT2D eigenvalue weighted by molar-refractivity contribution is -0.304. The van der Waals surface area contributed by atoms with Crippen LogP contribution in [-0.4, -0.2) is 144 Å². The molecule has 16 heteroatoms. The minimum absolute atomic E-state index is 0.0222. The maximum absolute atomic E-state index is 12.7. The molecule has 0 aromatic carbocycles. The van der Waals surface area contributed by atoms with Gasteiger partial charge in [0.2, 0.25) is 12.2 Å². The number of aliphatic hydroxyl groups excluding tert-OH is 4. The quantitative estimate of drug-likeness (QED) is 0.0870. The Kier molecular flexibility index (Phi) is 13.5. The zero-order valence-electron chi connectivity index (χ0n) is 25.2. The van der Waals surface area contributed by atoms with Crippen LogP contribution in [0.25, 0.3) is 0 Å². The van der Waals surface area contributed by atoms with E-state index >= 15 is 0 Å². The minimum Gasteiger partial charge on any atom is -0.467 e. The summed E-state index contributed by atoms with van der Waals surface area (Å²) >= 11 is 0. The van der Waals surface area contributed by atoms with Crippen LogP contribution >= 0.6 is 0 Å². The zero-order chi connectivity index (χ0) is 31.9. The van der Waals surface area contributed by atoms with E-state index in [9.17, 15) is 30.3 Å². The molecule has 3 rings (SSSR count). The third kappa shape index (κ3) is 9.26. The van der Waals surface area contributed by atoms with Crippen LogP contribution in [0.1, 0.15) is 33.1 Å². The number of likely N-dealkylation sites (N-methyl/N-ethyl adjacent to an activating group) is 1. The molecule has 0 radical (unpaired) electrons. The van der Waals surface area contributed by atoms with Crippen molar-refractivity contribution in [3.63, 3.8) is 0 Å². The smallest absolute Gasteiger partial charge is 0.249 e. The Labute approximate surface area is 252 Å². The van der Waals surface area contributed by atoms with Crippen molar-refractivity contribution < 1.29 is 49.3 Å². The topological polar surface area (TPSA) is 269 Å². The summed E-state index contributed by atoms with van der Waals surface area (Å²) in [6, 6.07) is -3.12. The van der Waals surface area contributed by atoms with Gasteiger partial charge in [0.15, 0.2) is 6.29 Å². The number of hydrogen-bond acceptors (Lipinski definition) is 15. The second-order valence-corrected chi connectivity index (χ2v) is 12.1. The summed E-state index contributed by atoms with van der Waals surface area (Å²) in [5.74, 6) is -0.0670. The second-order valence-electron chi connectivity index (χ2n) is 12.1. The van der Waals surface area contributed by atoms with Crippen LogP contribution in [0.2, 0.25) is 0 Å². The Morgan fingerprint density at radius 2 is 1.88 bits per heavy atom. The number of aliphatic hydroxyl groups is 5. The number of carbonyl (C=O) groups is 1. The van der Waals surface area contributed by atoms with Crippen molar-refractivity contribution in [2.24, 2.45) is 23.1 Å². The normalized spacial score (nSPS) is 39.8. The molecule has 2 heterocycles. The molecule has 1 unspecified atom stereocenters. The van der Waals surface area contributed by atoms with Crippen molar-refractivity contribution in [2.45, 2.75) is 106 Å². The Hall–Kier alpha value is -1.51. The molecule has 250 valence electrons. The fourth-order valence-electron chi connectivity index (χ4n) is 5.59. The predicted molar refractivity (Wildman–Crippen MR) is 154 cm³/mol. The van der Waals surface area contributed by atoms with E-state index < -0.39 is 78.8 Å². The van der Waals surface area contributed by atoms with Crippen LogP contribution in [0.5, 0.6) is 0 Å². The first-order valence-electron chi connectivity index (χ1n) is 14.9. The molecular formula is C27H52N6O10. The van der Waals surface area contributed by atoms with Gasteiger partial charge in [-0.2, -0.15) is 0 Å². The van der Waals surface area contributed by atoms with Gasteiger partial charge in [-0.05, 0) is 51.8 Å². The molecule has 14 N–H and O–H groups in total.